The van der Waals surface area contributed by atoms with E-state index in [9.17, 15) is 0 Å². The zero-order valence-corrected chi connectivity index (χ0v) is 15.5. The van der Waals surface area contributed by atoms with Crippen LogP contribution >= 0.6 is 0 Å². The molecule has 1 N–H and O–H groups in total. The first kappa shape index (κ1) is 17.7. The molecule has 6 heteroatoms. The lowest BCUT2D eigenvalue weighted by Crippen LogP contribution is -1.96. The molecule has 3 aromatic rings. The Kier molecular flexibility index (Phi) is 5.02. The molecule has 136 valence electrons. The normalized spacial score (nSPS) is 10.5. The first-order valence-electron chi connectivity index (χ1n) is 8.11. The van der Waals surface area contributed by atoms with E-state index in [2.05, 4.69) is 16.3 Å². The Hall–Kier alpha value is -3.15. The summed E-state index contributed by atoms with van der Waals surface area (Å²) in [5.74, 6) is 2.59. The third kappa shape index (κ3) is 3.06. The van der Waals surface area contributed by atoms with Crippen LogP contribution in [0.1, 0.15) is 5.56 Å². The van der Waals surface area contributed by atoms with Crippen molar-refractivity contribution in [3.05, 3.63) is 42.1 Å². The number of methoxy groups -OCH3 is 4. The van der Waals surface area contributed by atoms with Crippen molar-refractivity contribution in [2.45, 2.75) is 6.92 Å². The molecule has 0 radical (unpaired) electrons. The molecule has 0 saturated heterocycles. The van der Waals surface area contributed by atoms with Crippen molar-refractivity contribution in [3.63, 3.8) is 0 Å². The fourth-order valence-electron chi connectivity index (χ4n) is 3.00. The molecule has 1 aromatic heterocycles. The smallest absolute Gasteiger partial charge is 0.203 e. The Bertz CT molecular complexity index is 893. The van der Waals surface area contributed by atoms with Gasteiger partial charge in [0, 0.05) is 11.1 Å². The van der Waals surface area contributed by atoms with Crippen LogP contribution in [0.2, 0.25) is 0 Å². The minimum atomic E-state index is 0.556. The number of nitrogens with one attached hydrogen (secondary N) is 1. The summed E-state index contributed by atoms with van der Waals surface area (Å²) in [6.45, 7) is 2.02. The van der Waals surface area contributed by atoms with Gasteiger partial charge in [0.1, 0.15) is 5.75 Å². The summed E-state index contributed by atoms with van der Waals surface area (Å²) < 4.78 is 21.7. The summed E-state index contributed by atoms with van der Waals surface area (Å²) in [6, 6.07) is 9.84. The molecule has 0 bridgehead atoms. The number of aromatic amines is 1. The number of nitrogens with zero attached hydrogens (tertiary/aromatic N) is 1. The van der Waals surface area contributed by atoms with E-state index in [-0.39, 0.29) is 0 Å². The Morgan fingerprint density at radius 3 is 1.96 bits per heavy atom. The van der Waals surface area contributed by atoms with Gasteiger partial charge in [0.15, 0.2) is 11.5 Å². The lowest BCUT2D eigenvalue weighted by atomic mass is 9.99. The van der Waals surface area contributed by atoms with Crippen molar-refractivity contribution in [2.75, 3.05) is 28.4 Å². The number of H-pyrrole nitrogens is 1. The standard InChI is InChI=1S/C20H22N2O4/c1-12-8-13(6-7-16(12)23-2)15-11-21-22-19(15)14-9-17(24-3)20(26-5)18(10-14)25-4/h6-11H,1-5H3,(H,21,22). The van der Waals surface area contributed by atoms with Crippen LogP contribution in [0.15, 0.2) is 36.5 Å². The molecule has 0 saturated carbocycles. The van der Waals surface area contributed by atoms with Gasteiger partial charge >= 0.3 is 0 Å². The molecule has 0 atom stereocenters. The molecule has 26 heavy (non-hydrogen) atoms. The number of hydrogen-bond acceptors (Lipinski definition) is 5. The van der Waals surface area contributed by atoms with Crippen LogP contribution in [-0.4, -0.2) is 38.6 Å². The van der Waals surface area contributed by atoms with Gasteiger partial charge in [-0.1, -0.05) is 6.07 Å². The van der Waals surface area contributed by atoms with Gasteiger partial charge in [0.2, 0.25) is 5.75 Å². The number of hydrogen-bond donors (Lipinski definition) is 1. The molecular weight excluding hydrogens is 332 g/mol. The fraction of sp³-hybridized carbons (Fsp3) is 0.250. The average Bonchev–Trinajstić information content (AvgIpc) is 3.16. The van der Waals surface area contributed by atoms with Crippen molar-refractivity contribution >= 4 is 0 Å². The molecule has 0 aliphatic carbocycles. The van der Waals surface area contributed by atoms with Crippen LogP contribution in [0.5, 0.6) is 23.0 Å². The van der Waals surface area contributed by atoms with E-state index in [1.807, 2.05) is 31.2 Å². The van der Waals surface area contributed by atoms with Crippen molar-refractivity contribution in [2.24, 2.45) is 0 Å². The van der Waals surface area contributed by atoms with E-state index in [4.69, 9.17) is 18.9 Å². The Balaban J connectivity index is 2.13. The highest BCUT2D eigenvalue weighted by Crippen LogP contribution is 2.42. The van der Waals surface area contributed by atoms with Gasteiger partial charge in [0.05, 0.1) is 40.3 Å². The maximum Gasteiger partial charge on any atom is 0.203 e. The molecule has 0 aliphatic rings. The van der Waals surface area contributed by atoms with Gasteiger partial charge in [-0.3, -0.25) is 5.10 Å². The Morgan fingerprint density at radius 2 is 1.42 bits per heavy atom. The highest BCUT2D eigenvalue weighted by atomic mass is 16.5. The van der Waals surface area contributed by atoms with Crippen LogP contribution in [0.4, 0.5) is 0 Å². The van der Waals surface area contributed by atoms with Crippen molar-refractivity contribution in [1.82, 2.24) is 10.2 Å². The molecule has 0 spiro atoms. The number of rotatable bonds is 6. The summed E-state index contributed by atoms with van der Waals surface area (Å²) in [5.41, 5.74) is 4.84. The SMILES string of the molecule is COc1ccc(-c2cn[nH]c2-c2cc(OC)c(OC)c(OC)c2)cc1C. The second kappa shape index (κ2) is 7.39. The van der Waals surface area contributed by atoms with Crippen LogP contribution in [0, 0.1) is 6.92 Å². The van der Waals surface area contributed by atoms with Crippen LogP contribution in [0.25, 0.3) is 22.4 Å². The average molecular weight is 354 g/mol. The van der Waals surface area contributed by atoms with Gasteiger partial charge < -0.3 is 18.9 Å². The molecule has 1 heterocycles. The minimum Gasteiger partial charge on any atom is -0.496 e. The lowest BCUT2D eigenvalue weighted by Gasteiger charge is -2.14. The van der Waals surface area contributed by atoms with Crippen LogP contribution in [0.3, 0.4) is 0 Å². The van der Waals surface area contributed by atoms with Gasteiger partial charge in [-0.05, 0) is 42.3 Å². The third-order valence-electron chi connectivity index (χ3n) is 4.30. The molecule has 0 fully saturated rings. The van der Waals surface area contributed by atoms with Crippen LogP contribution < -0.4 is 18.9 Å². The topological polar surface area (TPSA) is 65.6 Å². The number of aryl methyl sites for hydroxylation is 1. The van der Waals surface area contributed by atoms with Gasteiger partial charge in [-0.25, -0.2) is 0 Å². The van der Waals surface area contributed by atoms with E-state index >= 15 is 0 Å². The van der Waals surface area contributed by atoms with Crippen molar-refractivity contribution in [1.29, 1.82) is 0 Å². The predicted octanol–water partition coefficient (Wildman–Crippen LogP) is 4.09. The van der Waals surface area contributed by atoms with Crippen LogP contribution in [-0.2, 0) is 0 Å². The first-order valence-corrected chi connectivity index (χ1v) is 8.11. The predicted molar refractivity (Wildman–Crippen MR) is 100 cm³/mol. The van der Waals surface area contributed by atoms with Gasteiger partial charge in [0.25, 0.3) is 0 Å². The number of ether oxygens (including phenoxy) is 4. The maximum absolute atomic E-state index is 5.46. The minimum absolute atomic E-state index is 0.556. The molecule has 0 aliphatic heterocycles. The maximum atomic E-state index is 5.46. The van der Waals surface area contributed by atoms with E-state index in [1.54, 1.807) is 34.6 Å². The second-order valence-corrected chi connectivity index (χ2v) is 5.76. The molecule has 3 rings (SSSR count). The summed E-state index contributed by atoms with van der Waals surface area (Å²) in [4.78, 5) is 0. The highest BCUT2D eigenvalue weighted by molar-refractivity contribution is 5.83. The third-order valence-corrected chi connectivity index (χ3v) is 4.30. The van der Waals surface area contributed by atoms with Crippen molar-refractivity contribution in [3.8, 4) is 45.4 Å². The molecule has 0 amide bonds. The number of aromatic nitrogens is 2. The van der Waals surface area contributed by atoms with Crippen molar-refractivity contribution < 1.29 is 18.9 Å². The summed E-state index contributed by atoms with van der Waals surface area (Å²) >= 11 is 0. The first-order chi connectivity index (χ1) is 12.6. The largest absolute Gasteiger partial charge is 0.496 e. The zero-order valence-electron chi connectivity index (χ0n) is 15.5. The van der Waals surface area contributed by atoms with E-state index in [1.165, 1.54) is 0 Å². The van der Waals surface area contributed by atoms with Gasteiger partial charge in [-0.2, -0.15) is 5.10 Å². The lowest BCUT2D eigenvalue weighted by molar-refractivity contribution is 0.324. The van der Waals surface area contributed by atoms with E-state index in [0.29, 0.717) is 17.2 Å². The molecule has 0 unspecified atom stereocenters. The zero-order chi connectivity index (χ0) is 18.7. The monoisotopic (exact) mass is 354 g/mol. The summed E-state index contributed by atoms with van der Waals surface area (Å²) in [7, 11) is 6.45. The van der Waals surface area contributed by atoms with E-state index < -0.39 is 0 Å². The Morgan fingerprint density at radius 1 is 0.769 bits per heavy atom. The summed E-state index contributed by atoms with van der Waals surface area (Å²) in [5, 5.41) is 7.31. The molecule has 2 aromatic carbocycles. The molecule has 6 nitrogen and oxygen atoms in total. The second-order valence-electron chi connectivity index (χ2n) is 5.76. The van der Waals surface area contributed by atoms with Gasteiger partial charge in [-0.15, -0.1) is 0 Å². The quantitative estimate of drug-likeness (QED) is 0.722. The fourth-order valence-corrected chi connectivity index (χ4v) is 3.00. The highest BCUT2D eigenvalue weighted by Gasteiger charge is 2.18. The Labute approximate surface area is 152 Å². The number of benzene rings is 2. The molecular formula is C20H22N2O4. The summed E-state index contributed by atoms with van der Waals surface area (Å²) in [6.07, 6.45) is 1.81. The van der Waals surface area contributed by atoms with E-state index in [0.717, 1.165) is 33.7 Å².